The third-order valence-corrected chi connectivity index (χ3v) is 1.94. The molecule has 0 saturated carbocycles. The number of carbonyl (C=O) groups is 3. The quantitative estimate of drug-likeness (QED) is 0.304. The van der Waals surface area contributed by atoms with Crippen molar-refractivity contribution in [3.8, 4) is 0 Å². The summed E-state index contributed by atoms with van der Waals surface area (Å²) < 4.78 is 4.26. The molecule has 0 fully saturated rings. The van der Waals surface area contributed by atoms with Crippen molar-refractivity contribution in [3.05, 3.63) is 43.3 Å². The summed E-state index contributed by atoms with van der Waals surface area (Å²) in [5.41, 5.74) is 6.17. The Labute approximate surface area is 160 Å². The van der Waals surface area contributed by atoms with Crippen molar-refractivity contribution in [2.24, 2.45) is 5.73 Å². The van der Waals surface area contributed by atoms with Crippen molar-refractivity contribution in [2.45, 2.75) is 13.8 Å². The predicted octanol–water partition coefficient (Wildman–Crippen LogP) is 0.429. The van der Waals surface area contributed by atoms with E-state index in [4.69, 9.17) is 5.73 Å². The van der Waals surface area contributed by atoms with Gasteiger partial charge in [-0.1, -0.05) is 42.8 Å². The largest absolute Gasteiger partial charge is 0.468 e. The first-order chi connectivity index (χ1) is 10.5. The van der Waals surface area contributed by atoms with Gasteiger partial charge in [-0.05, 0) is 13.5 Å². The number of esters is 1. The molecule has 1 aromatic carbocycles. The molecular formula is C16H28N3O4Ta-. The maximum absolute atomic E-state index is 10.7. The molecule has 1 rings (SSSR count). The SMILES string of the molecule is CCN.COC(=O)CNC(=O)CNC=O.Cc1ccccc1.[CH3-].[Ta]. The Morgan fingerprint density at radius 1 is 1.21 bits per heavy atom. The summed E-state index contributed by atoms with van der Waals surface area (Å²) >= 11 is 0. The fraction of sp³-hybridized carbons (Fsp3) is 0.375. The van der Waals surface area contributed by atoms with Gasteiger partial charge in [0.25, 0.3) is 0 Å². The number of nitrogens with two attached hydrogens (primary N) is 1. The average molecular weight is 507 g/mol. The van der Waals surface area contributed by atoms with E-state index in [0.29, 0.717) is 6.41 Å². The molecule has 2 amide bonds. The van der Waals surface area contributed by atoms with Crippen molar-refractivity contribution in [2.75, 3.05) is 26.7 Å². The number of nitrogens with one attached hydrogen (secondary N) is 2. The molecule has 0 heterocycles. The number of benzene rings is 1. The molecule has 0 spiro atoms. The van der Waals surface area contributed by atoms with Crippen LogP contribution in [0.25, 0.3) is 0 Å². The summed E-state index contributed by atoms with van der Waals surface area (Å²) in [6.45, 7) is 4.41. The van der Waals surface area contributed by atoms with Gasteiger partial charge in [0.15, 0.2) is 0 Å². The van der Waals surface area contributed by atoms with Crippen molar-refractivity contribution in [1.82, 2.24) is 10.6 Å². The van der Waals surface area contributed by atoms with E-state index in [0.717, 1.165) is 6.54 Å². The van der Waals surface area contributed by atoms with Gasteiger partial charge in [0.2, 0.25) is 12.3 Å². The van der Waals surface area contributed by atoms with Crippen LogP contribution < -0.4 is 16.4 Å². The number of hydrogen-bond acceptors (Lipinski definition) is 5. The molecule has 137 valence electrons. The van der Waals surface area contributed by atoms with Gasteiger partial charge < -0.3 is 28.5 Å². The number of methoxy groups -OCH3 is 1. The minimum atomic E-state index is -0.533. The van der Waals surface area contributed by atoms with Gasteiger partial charge >= 0.3 is 5.97 Å². The minimum Gasteiger partial charge on any atom is -0.468 e. The summed E-state index contributed by atoms with van der Waals surface area (Å²) in [6, 6.07) is 10.3. The maximum Gasteiger partial charge on any atom is 0.325 e. The van der Waals surface area contributed by atoms with Gasteiger partial charge in [-0.2, -0.15) is 0 Å². The van der Waals surface area contributed by atoms with Crippen molar-refractivity contribution < 1.29 is 41.5 Å². The topological polar surface area (TPSA) is 111 Å². The first-order valence-electron chi connectivity index (χ1n) is 6.74. The molecule has 0 aromatic heterocycles. The molecule has 8 heteroatoms. The monoisotopic (exact) mass is 507 g/mol. The number of hydrogen-bond donors (Lipinski definition) is 3. The fourth-order valence-corrected chi connectivity index (χ4v) is 0.974. The molecule has 4 N–H and O–H groups in total. The number of carbonyl (C=O) groups excluding carboxylic acids is 3. The van der Waals surface area contributed by atoms with Crippen molar-refractivity contribution in [1.29, 1.82) is 0 Å². The second-order valence-electron chi connectivity index (χ2n) is 3.91. The van der Waals surface area contributed by atoms with E-state index in [-0.39, 0.29) is 42.9 Å². The normalized spacial score (nSPS) is 7.50. The van der Waals surface area contributed by atoms with E-state index in [2.05, 4.69) is 34.4 Å². The zero-order valence-electron chi connectivity index (χ0n) is 14.7. The van der Waals surface area contributed by atoms with Gasteiger partial charge in [0, 0.05) is 22.4 Å². The zero-order valence-corrected chi connectivity index (χ0v) is 18.0. The van der Waals surface area contributed by atoms with Gasteiger partial charge in [-0.25, -0.2) is 0 Å². The number of aryl methyl sites for hydroxylation is 1. The summed E-state index contributed by atoms with van der Waals surface area (Å²) in [6.07, 6.45) is 0.401. The number of amides is 2. The van der Waals surface area contributed by atoms with Crippen LogP contribution in [0.15, 0.2) is 30.3 Å². The Balaban J connectivity index is -0.000000142. The van der Waals surface area contributed by atoms with Gasteiger partial charge in [0.05, 0.1) is 13.7 Å². The van der Waals surface area contributed by atoms with Crippen LogP contribution in [0.3, 0.4) is 0 Å². The molecule has 1 aromatic rings. The molecular weight excluding hydrogens is 479 g/mol. The molecule has 1 radical (unpaired) electrons. The molecule has 24 heavy (non-hydrogen) atoms. The summed E-state index contributed by atoms with van der Waals surface area (Å²) in [4.78, 5) is 30.9. The molecule has 0 bridgehead atoms. The summed E-state index contributed by atoms with van der Waals surface area (Å²) in [5, 5.41) is 4.38. The standard InChI is InChI=1S/C7H8.C6H10N2O4.C2H7N.CH3.Ta/c1-7-5-3-2-4-6-7;1-12-6(11)3-8-5(10)2-7-4-9;1-2-3;;/h2-6H,1H3;4H,2-3H2,1H3,(H,7,9)(H,8,10);2-3H2,1H3;1H3;/q;;;-1;. The van der Waals surface area contributed by atoms with Crippen LogP contribution in [0.4, 0.5) is 0 Å². The third-order valence-electron chi connectivity index (χ3n) is 1.94. The Morgan fingerprint density at radius 3 is 2.04 bits per heavy atom. The second-order valence-corrected chi connectivity index (χ2v) is 3.91. The molecule has 0 aliphatic carbocycles. The van der Waals surface area contributed by atoms with E-state index in [1.165, 1.54) is 12.7 Å². The maximum atomic E-state index is 10.7. The van der Waals surface area contributed by atoms with Crippen LogP contribution in [0.5, 0.6) is 0 Å². The summed E-state index contributed by atoms with van der Waals surface area (Å²) in [5.74, 6) is -0.970. The van der Waals surface area contributed by atoms with Crippen LogP contribution in [-0.4, -0.2) is 45.0 Å². The Hall–Kier alpha value is -1.67. The second kappa shape index (κ2) is 23.6. The van der Waals surface area contributed by atoms with Crippen LogP contribution in [-0.2, 0) is 41.5 Å². The van der Waals surface area contributed by atoms with Gasteiger partial charge in [0.1, 0.15) is 6.54 Å². The van der Waals surface area contributed by atoms with E-state index in [1.54, 1.807) is 0 Å². The predicted molar refractivity (Wildman–Crippen MR) is 91.4 cm³/mol. The van der Waals surface area contributed by atoms with E-state index < -0.39 is 11.9 Å². The van der Waals surface area contributed by atoms with Gasteiger partial charge in [-0.3, -0.25) is 14.4 Å². The van der Waals surface area contributed by atoms with E-state index in [9.17, 15) is 14.4 Å². The Kier molecular flexibility index (Phi) is 29.7. The minimum absolute atomic E-state index is 0. The van der Waals surface area contributed by atoms with Crippen molar-refractivity contribution >= 4 is 18.3 Å². The molecule has 0 atom stereocenters. The first kappa shape index (κ1) is 30.2. The fourth-order valence-electron chi connectivity index (χ4n) is 0.974. The molecule has 0 saturated heterocycles. The number of ether oxygens (including phenoxy) is 1. The van der Waals surface area contributed by atoms with Crippen molar-refractivity contribution in [3.63, 3.8) is 0 Å². The molecule has 0 aliphatic rings. The van der Waals surface area contributed by atoms with Crippen LogP contribution in [0, 0.1) is 14.4 Å². The smallest absolute Gasteiger partial charge is 0.325 e. The van der Waals surface area contributed by atoms with Crippen LogP contribution in [0.1, 0.15) is 12.5 Å². The molecule has 0 unspecified atom stereocenters. The average Bonchev–Trinajstić information content (AvgIpc) is 2.52. The zero-order chi connectivity index (χ0) is 17.2. The molecule has 7 nitrogen and oxygen atoms in total. The van der Waals surface area contributed by atoms with Crippen LogP contribution >= 0.6 is 0 Å². The first-order valence-corrected chi connectivity index (χ1v) is 6.74. The van der Waals surface area contributed by atoms with Crippen LogP contribution in [0.2, 0.25) is 0 Å². The van der Waals surface area contributed by atoms with E-state index >= 15 is 0 Å². The van der Waals surface area contributed by atoms with E-state index in [1.807, 2.05) is 25.1 Å². The number of rotatable bonds is 5. The summed E-state index contributed by atoms with van der Waals surface area (Å²) in [7, 11) is 1.22. The Morgan fingerprint density at radius 2 is 1.71 bits per heavy atom. The molecule has 0 aliphatic heterocycles. The van der Waals surface area contributed by atoms with Gasteiger partial charge in [-0.15, -0.1) is 0 Å². The Bertz CT molecular complexity index is 417. The third kappa shape index (κ3) is 25.3.